The summed E-state index contributed by atoms with van der Waals surface area (Å²) in [6.07, 6.45) is 1.73. The summed E-state index contributed by atoms with van der Waals surface area (Å²) in [6.45, 7) is 0. The quantitative estimate of drug-likeness (QED) is 0.518. The van der Waals surface area contributed by atoms with Crippen LogP contribution in [-0.2, 0) is 11.2 Å². The molecular formula is C18H13N3O3S. The summed E-state index contributed by atoms with van der Waals surface area (Å²) in [4.78, 5) is 20.8. The molecule has 0 atom stereocenters. The number of ether oxygens (including phenoxy) is 2. The first-order valence-electron chi connectivity index (χ1n) is 7.34. The molecule has 0 fully saturated rings. The van der Waals surface area contributed by atoms with Crippen LogP contribution in [0.15, 0.2) is 48.0 Å². The molecule has 0 amide bonds. The minimum absolute atomic E-state index is 0.0342. The number of nitriles is 1. The van der Waals surface area contributed by atoms with Gasteiger partial charge in [-0.2, -0.15) is 5.26 Å². The lowest BCUT2D eigenvalue weighted by Crippen LogP contribution is -2.12. The van der Waals surface area contributed by atoms with Crippen LogP contribution in [0.5, 0.6) is 11.5 Å². The predicted molar refractivity (Wildman–Crippen MR) is 92.4 cm³/mol. The fourth-order valence-electron chi connectivity index (χ4n) is 2.12. The number of thiazole rings is 1. The van der Waals surface area contributed by atoms with E-state index in [0.717, 1.165) is 10.7 Å². The number of rotatable bonds is 5. The van der Waals surface area contributed by atoms with Gasteiger partial charge in [-0.25, -0.2) is 4.98 Å². The van der Waals surface area contributed by atoms with Gasteiger partial charge in [0.25, 0.3) is 0 Å². The Labute approximate surface area is 148 Å². The van der Waals surface area contributed by atoms with Gasteiger partial charge in [-0.3, -0.25) is 9.78 Å². The summed E-state index contributed by atoms with van der Waals surface area (Å²) in [5.41, 5.74) is 1.81. The monoisotopic (exact) mass is 351 g/mol. The van der Waals surface area contributed by atoms with E-state index in [1.54, 1.807) is 17.6 Å². The fourth-order valence-corrected chi connectivity index (χ4v) is 2.92. The molecule has 0 radical (unpaired) electrons. The Bertz CT molecular complexity index is 932. The lowest BCUT2D eigenvalue weighted by Gasteiger charge is -2.08. The summed E-state index contributed by atoms with van der Waals surface area (Å²) >= 11 is 1.42. The van der Waals surface area contributed by atoms with Gasteiger partial charge in [0.1, 0.15) is 5.01 Å². The van der Waals surface area contributed by atoms with Crippen LogP contribution in [0.3, 0.4) is 0 Å². The molecule has 0 saturated carbocycles. The Hall–Kier alpha value is -3.24. The number of carbonyl (C=O) groups is 1. The van der Waals surface area contributed by atoms with E-state index in [-0.39, 0.29) is 12.2 Å². The maximum absolute atomic E-state index is 12.2. The highest BCUT2D eigenvalue weighted by molar-refractivity contribution is 7.13. The predicted octanol–water partition coefficient (Wildman–Crippen LogP) is 3.23. The van der Waals surface area contributed by atoms with E-state index in [0.29, 0.717) is 17.0 Å². The van der Waals surface area contributed by atoms with Gasteiger partial charge in [-0.15, -0.1) is 11.3 Å². The summed E-state index contributed by atoms with van der Waals surface area (Å²) < 4.78 is 10.5. The van der Waals surface area contributed by atoms with Gasteiger partial charge in [-0.1, -0.05) is 6.07 Å². The second kappa shape index (κ2) is 7.55. The molecule has 3 rings (SSSR count). The number of methoxy groups -OCH3 is 1. The van der Waals surface area contributed by atoms with Gasteiger partial charge in [0.05, 0.1) is 36.6 Å². The first-order valence-corrected chi connectivity index (χ1v) is 8.22. The Kier molecular flexibility index (Phi) is 5.02. The van der Waals surface area contributed by atoms with Crippen LogP contribution in [0.1, 0.15) is 11.3 Å². The zero-order chi connectivity index (χ0) is 17.6. The molecule has 25 heavy (non-hydrogen) atoms. The maximum atomic E-state index is 12.2. The van der Waals surface area contributed by atoms with Crippen molar-refractivity contribution in [2.45, 2.75) is 6.42 Å². The lowest BCUT2D eigenvalue weighted by atomic mass is 10.2. The van der Waals surface area contributed by atoms with Crippen molar-refractivity contribution in [3.63, 3.8) is 0 Å². The molecule has 0 unspecified atom stereocenters. The molecule has 3 aromatic rings. The van der Waals surface area contributed by atoms with Crippen molar-refractivity contribution in [1.82, 2.24) is 9.97 Å². The van der Waals surface area contributed by atoms with Crippen molar-refractivity contribution in [2.24, 2.45) is 0 Å². The third-order valence-electron chi connectivity index (χ3n) is 3.28. The van der Waals surface area contributed by atoms with Crippen LogP contribution < -0.4 is 9.47 Å². The van der Waals surface area contributed by atoms with Crippen molar-refractivity contribution in [2.75, 3.05) is 7.11 Å². The Morgan fingerprint density at radius 3 is 2.88 bits per heavy atom. The molecule has 0 N–H and O–H groups in total. The first kappa shape index (κ1) is 16.6. The van der Waals surface area contributed by atoms with Crippen LogP contribution in [0, 0.1) is 11.3 Å². The van der Waals surface area contributed by atoms with Crippen LogP contribution in [0.2, 0.25) is 0 Å². The Morgan fingerprint density at radius 1 is 1.28 bits per heavy atom. The molecule has 2 heterocycles. The van der Waals surface area contributed by atoms with E-state index in [1.165, 1.54) is 30.6 Å². The number of aromatic nitrogens is 2. The van der Waals surface area contributed by atoms with Gasteiger partial charge in [0.2, 0.25) is 0 Å². The van der Waals surface area contributed by atoms with E-state index < -0.39 is 5.97 Å². The van der Waals surface area contributed by atoms with E-state index in [9.17, 15) is 4.79 Å². The summed E-state index contributed by atoms with van der Waals surface area (Å²) in [6, 6.07) is 12.2. The molecule has 1 aromatic carbocycles. The van der Waals surface area contributed by atoms with Gasteiger partial charge < -0.3 is 9.47 Å². The smallest absolute Gasteiger partial charge is 0.317 e. The van der Waals surface area contributed by atoms with Gasteiger partial charge in [0.15, 0.2) is 11.5 Å². The van der Waals surface area contributed by atoms with Crippen LogP contribution >= 0.6 is 11.3 Å². The van der Waals surface area contributed by atoms with Crippen molar-refractivity contribution in [3.05, 3.63) is 59.2 Å². The summed E-state index contributed by atoms with van der Waals surface area (Å²) in [5.74, 6) is 0.146. The second-order valence-corrected chi connectivity index (χ2v) is 5.85. The van der Waals surface area contributed by atoms with E-state index in [4.69, 9.17) is 14.7 Å². The number of benzene rings is 1. The number of hydrogen-bond acceptors (Lipinski definition) is 7. The van der Waals surface area contributed by atoms with Gasteiger partial charge in [0, 0.05) is 17.6 Å². The van der Waals surface area contributed by atoms with Crippen LogP contribution in [0.25, 0.3) is 10.7 Å². The number of hydrogen-bond donors (Lipinski definition) is 0. The van der Waals surface area contributed by atoms with Crippen LogP contribution in [0.4, 0.5) is 0 Å². The first-order chi connectivity index (χ1) is 12.2. The molecule has 2 aromatic heterocycles. The minimum atomic E-state index is -0.458. The third kappa shape index (κ3) is 4.00. The molecule has 0 aliphatic rings. The molecule has 0 aliphatic carbocycles. The van der Waals surface area contributed by atoms with Gasteiger partial charge in [-0.05, 0) is 24.3 Å². The van der Waals surface area contributed by atoms with E-state index in [2.05, 4.69) is 9.97 Å². The van der Waals surface area contributed by atoms with Crippen molar-refractivity contribution < 1.29 is 14.3 Å². The SMILES string of the molecule is COc1cc(C#N)ccc1OC(=O)Cc1csc(-c2ccccn2)n1. The van der Waals surface area contributed by atoms with Crippen molar-refractivity contribution in [3.8, 4) is 28.3 Å². The van der Waals surface area contributed by atoms with Crippen LogP contribution in [-0.4, -0.2) is 23.0 Å². The standard InChI is InChI=1S/C18H13N3O3S/c1-23-16-8-12(10-19)5-6-15(16)24-17(22)9-13-11-25-18(21-13)14-4-2-3-7-20-14/h2-8,11H,9H2,1H3. The third-order valence-corrected chi connectivity index (χ3v) is 4.19. The normalized spacial score (nSPS) is 10.1. The Morgan fingerprint density at radius 2 is 2.16 bits per heavy atom. The minimum Gasteiger partial charge on any atom is -0.493 e. The highest BCUT2D eigenvalue weighted by atomic mass is 32.1. The van der Waals surface area contributed by atoms with Crippen molar-refractivity contribution in [1.29, 1.82) is 5.26 Å². The molecule has 0 spiro atoms. The van der Waals surface area contributed by atoms with Crippen molar-refractivity contribution >= 4 is 17.3 Å². The number of nitrogens with zero attached hydrogens (tertiary/aromatic N) is 3. The number of esters is 1. The van der Waals surface area contributed by atoms with E-state index in [1.807, 2.05) is 24.3 Å². The largest absolute Gasteiger partial charge is 0.493 e. The average molecular weight is 351 g/mol. The maximum Gasteiger partial charge on any atom is 0.317 e. The molecule has 0 saturated heterocycles. The zero-order valence-corrected chi connectivity index (χ0v) is 14.1. The average Bonchev–Trinajstić information content (AvgIpc) is 3.11. The molecule has 124 valence electrons. The highest BCUT2D eigenvalue weighted by Gasteiger charge is 2.14. The molecule has 6 nitrogen and oxygen atoms in total. The van der Waals surface area contributed by atoms with E-state index >= 15 is 0 Å². The van der Waals surface area contributed by atoms with Gasteiger partial charge >= 0.3 is 5.97 Å². The second-order valence-electron chi connectivity index (χ2n) is 4.99. The summed E-state index contributed by atoms with van der Waals surface area (Å²) in [7, 11) is 1.45. The highest BCUT2D eigenvalue weighted by Crippen LogP contribution is 2.28. The molecule has 0 bridgehead atoms. The molecular weight excluding hydrogens is 338 g/mol. The fraction of sp³-hybridized carbons (Fsp3) is 0.111. The zero-order valence-electron chi connectivity index (χ0n) is 13.3. The topological polar surface area (TPSA) is 85.1 Å². The number of carbonyl (C=O) groups excluding carboxylic acids is 1. The summed E-state index contributed by atoms with van der Waals surface area (Å²) in [5, 5.41) is 11.5. The molecule has 0 aliphatic heterocycles. The lowest BCUT2D eigenvalue weighted by molar-refractivity contribution is -0.133. The molecule has 7 heteroatoms. The number of pyridine rings is 1. The Balaban J connectivity index is 1.70.